The summed E-state index contributed by atoms with van der Waals surface area (Å²) in [5.74, 6) is -1.36. The number of hydrogen-bond donors (Lipinski definition) is 2. The van der Waals surface area contributed by atoms with Gasteiger partial charge in [-0.3, -0.25) is 10.1 Å². The minimum Gasteiger partial charge on any atom is -0.452 e. The summed E-state index contributed by atoms with van der Waals surface area (Å²) in [4.78, 5) is 36.1. The van der Waals surface area contributed by atoms with Crippen LogP contribution in [0.3, 0.4) is 0 Å². The Balaban J connectivity index is 1.44. The van der Waals surface area contributed by atoms with Crippen LogP contribution in [0.25, 0.3) is 16.2 Å². The van der Waals surface area contributed by atoms with Gasteiger partial charge in [0.25, 0.3) is 5.91 Å². The molecule has 8 heteroatoms. The summed E-state index contributed by atoms with van der Waals surface area (Å²) in [6.45, 7) is -0.526. The number of thiophene rings is 1. The van der Waals surface area contributed by atoms with Gasteiger partial charge in [0.05, 0.1) is 5.02 Å². The molecule has 1 aromatic carbocycles. The maximum absolute atomic E-state index is 11.8. The lowest BCUT2D eigenvalue weighted by Crippen LogP contribution is -2.46. The van der Waals surface area contributed by atoms with Crippen molar-refractivity contribution in [3.8, 4) is 0 Å². The topological polar surface area (TPSA) is 84.5 Å². The van der Waals surface area contributed by atoms with Gasteiger partial charge in [0.1, 0.15) is 0 Å². The molecular weight excluding hydrogens is 400 g/mol. The Morgan fingerprint density at radius 3 is 2.68 bits per heavy atom. The molecule has 0 bridgehead atoms. The van der Waals surface area contributed by atoms with E-state index in [0.717, 1.165) is 40.6 Å². The first-order valence-corrected chi connectivity index (χ1v) is 10.3. The largest absolute Gasteiger partial charge is 0.452 e. The van der Waals surface area contributed by atoms with Gasteiger partial charge in [-0.1, -0.05) is 49.1 Å². The average molecular weight is 421 g/mol. The first-order chi connectivity index (χ1) is 13.5. The van der Waals surface area contributed by atoms with E-state index in [0.29, 0.717) is 5.02 Å². The van der Waals surface area contributed by atoms with E-state index in [4.69, 9.17) is 16.3 Å². The second kappa shape index (κ2) is 9.71. The van der Waals surface area contributed by atoms with E-state index >= 15 is 0 Å². The van der Waals surface area contributed by atoms with Crippen LogP contribution < -0.4 is 10.6 Å². The van der Waals surface area contributed by atoms with E-state index in [2.05, 4.69) is 10.6 Å². The number of amides is 3. The minimum atomic E-state index is -0.684. The van der Waals surface area contributed by atoms with Crippen molar-refractivity contribution in [1.82, 2.24) is 10.6 Å². The lowest BCUT2D eigenvalue weighted by atomic mass is 9.96. The SMILES string of the molecule is O=C(COC(=O)/C=C/c1sc2ccccc2c1Cl)NC(=O)NC1CCCCC1. The molecule has 6 nitrogen and oxygen atoms in total. The van der Waals surface area contributed by atoms with Gasteiger partial charge in [0.15, 0.2) is 6.61 Å². The van der Waals surface area contributed by atoms with Crippen molar-refractivity contribution >= 4 is 57.0 Å². The van der Waals surface area contributed by atoms with Crippen molar-refractivity contribution in [3.63, 3.8) is 0 Å². The monoisotopic (exact) mass is 420 g/mol. The molecule has 1 fully saturated rings. The molecular formula is C20H21ClN2O4S. The second-order valence-corrected chi connectivity index (χ2v) is 8.04. The van der Waals surface area contributed by atoms with Crippen molar-refractivity contribution in [1.29, 1.82) is 0 Å². The third-order valence-corrected chi connectivity index (χ3v) is 6.12. The number of esters is 1. The van der Waals surface area contributed by atoms with Crippen molar-refractivity contribution in [2.75, 3.05) is 6.61 Å². The highest BCUT2D eigenvalue weighted by atomic mass is 35.5. The lowest BCUT2D eigenvalue weighted by Gasteiger charge is -2.22. The third-order valence-electron chi connectivity index (χ3n) is 4.47. The molecule has 0 radical (unpaired) electrons. The van der Waals surface area contributed by atoms with Crippen LogP contribution in [0.4, 0.5) is 4.79 Å². The predicted molar refractivity (Wildman–Crippen MR) is 110 cm³/mol. The highest BCUT2D eigenvalue weighted by molar-refractivity contribution is 7.20. The number of carbonyl (C=O) groups excluding carboxylic acids is 3. The molecule has 1 aliphatic rings. The Hall–Kier alpha value is -2.38. The molecule has 28 heavy (non-hydrogen) atoms. The second-order valence-electron chi connectivity index (χ2n) is 6.57. The van der Waals surface area contributed by atoms with Crippen LogP contribution in [0.15, 0.2) is 30.3 Å². The number of nitrogens with one attached hydrogen (secondary N) is 2. The molecule has 148 valence electrons. The van der Waals surface area contributed by atoms with Crippen LogP contribution in [-0.2, 0) is 14.3 Å². The zero-order chi connectivity index (χ0) is 19.9. The molecule has 0 spiro atoms. The van der Waals surface area contributed by atoms with Crippen LogP contribution in [0.5, 0.6) is 0 Å². The summed E-state index contributed by atoms with van der Waals surface area (Å²) >= 11 is 7.76. The maximum Gasteiger partial charge on any atom is 0.331 e. The Labute approximate surface area is 171 Å². The van der Waals surface area contributed by atoms with Crippen molar-refractivity contribution in [2.45, 2.75) is 38.1 Å². The fraction of sp³-hybridized carbons (Fsp3) is 0.350. The van der Waals surface area contributed by atoms with Gasteiger partial charge in [0, 0.05) is 27.1 Å². The van der Waals surface area contributed by atoms with Gasteiger partial charge in [-0.05, 0) is 25.0 Å². The Morgan fingerprint density at radius 1 is 1.18 bits per heavy atom. The molecule has 1 aromatic heterocycles. The van der Waals surface area contributed by atoms with Gasteiger partial charge in [-0.2, -0.15) is 0 Å². The van der Waals surface area contributed by atoms with Crippen LogP contribution in [0, 0.1) is 0 Å². The van der Waals surface area contributed by atoms with E-state index in [9.17, 15) is 14.4 Å². The van der Waals surface area contributed by atoms with Crippen molar-refractivity contribution < 1.29 is 19.1 Å². The lowest BCUT2D eigenvalue weighted by molar-refractivity contribution is -0.143. The molecule has 2 N–H and O–H groups in total. The van der Waals surface area contributed by atoms with Crippen LogP contribution >= 0.6 is 22.9 Å². The summed E-state index contributed by atoms with van der Waals surface area (Å²) < 4.78 is 5.89. The molecule has 1 saturated carbocycles. The fourth-order valence-corrected chi connectivity index (χ4v) is 4.50. The highest BCUT2D eigenvalue weighted by Gasteiger charge is 2.17. The Kier molecular flexibility index (Phi) is 7.06. The number of ether oxygens (including phenoxy) is 1. The van der Waals surface area contributed by atoms with Crippen LogP contribution in [0.1, 0.15) is 37.0 Å². The smallest absolute Gasteiger partial charge is 0.331 e. The summed E-state index contributed by atoms with van der Waals surface area (Å²) in [6.07, 6.45) is 7.94. The number of halogens is 1. The number of urea groups is 1. The minimum absolute atomic E-state index is 0.0955. The quantitative estimate of drug-likeness (QED) is 0.558. The zero-order valence-electron chi connectivity index (χ0n) is 15.2. The summed E-state index contributed by atoms with van der Waals surface area (Å²) in [5.41, 5.74) is 0. The molecule has 2 aromatic rings. The normalized spacial score (nSPS) is 14.9. The van der Waals surface area contributed by atoms with Gasteiger partial charge in [-0.15, -0.1) is 11.3 Å². The maximum atomic E-state index is 11.8. The number of rotatable bonds is 5. The van der Waals surface area contributed by atoms with E-state index in [1.54, 1.807) is 6.08 Å². The van der Waals surface area contributed by atoms with Crippen LogP contribution in [-0.4, -0.2) is 30.6 Å². The molecule has 0 aliphatic heterocycles. The van der Waals surface area contributed by atoms with E-state index in [-0.39, 0.29) is 6.04 Å². The van der Waals surface area contributed by atoms with Gasteiger partial charge in [-0.25, -0.2) is 9.59 Å². The van der Waals surface area contributed by atoms with E-state index in [1.807, 2.05) is 24.3 Å². The molecule has 0 unspecified atom stereocenters. The number of carbonyl (C=O) groups is 3. The number of hydrogen-bond acceptors (Lipinski definition) is 5. The van der Waals surface area contributed by atoms with Gasteiger partial charge < -0.3 is 10.1 Å². The van der Waals surface area contributed by atoms with Crippen molar-refractivity contribution in [3.05, 3.63) is 40.2 Å². The van der Waals surface area contributed by atoms with E-state index in [1.165, 1.54) is 23.8 Å². The number of benzene rings is 1. The van der Waals surface area contributed by atoms with Gasteiger partial charge >= 0.3 is 12.0 Å². The van der Waals surface area contributed by atoms with Gasteiger partial charge in [0.2, 0.25) is 0 Å². The van der Waals surface area contributed by atoms with Crippen LogP contribution in [0.2, 0.25) is 5.02 Å². The van der Waals surface area contributed by atoms with Crippen molar-refractivity contribution in [2.24, 2.45) is 0 Å². The molecule has 1 heterocycles. The third kappa shape index (κ3) is 5.56. The predicted octanol–water partition coefficient (Wildman–Crippen LogP) is 4.27. The summed E-state index contributed by atoms with van der Waals surface area (Å²) in [5, 5.41) is 6.43. The summed E-state index contributed by atoms with van der Waals surface area (Å²) in [6, 6.07) is 7.21. The average Bonchev–Trinajstić information content (AvgIpc) is 3.01. The fourth-order valence-electron chi connectivity index (χ4n) is 3.10. The molecule has 3 rings (SSSR count). The zero-order valence-corrected chi connectivity index (χ0v) is 16.8. The first kappa shape index (κ1) is 20.4. The molecule has 3 amide bonds. The number of fused-ring (bicyclic) bond motifs is 1. The molecule has 0 atom stereocenters. The molecule has 1 aliphatic carbocycles. The Morgan fingerprint density at radius 2 is 1.93 bits per heavy atom. The Bertz CT molecular complexity index is 903. The highest BCUT2D eigenvalue weighted by Crippen LogP contribution is 2.35. The number of imide groups is 1. The van der Waals surface area contributed by atoms with E-state index < -0.39 is 24.5 Å². The molecule has 0 saturated heterocycles. The first-order valence-electron chi connectivity index (χ1n) is 9.15. The standard InChI is InChI=1S/C20H21ClN2O4S/c21-19-14-8-4-5-9-15(14)28-16(19)10-11-18(25)27-12-17(24)23-20(26)22-13-6-2-1-3-7-13/h4-5,8-11,13H,1-3,6-7,12H2,(H2,22,23,24,26)/b11-10+. The summed E-state index contributed by atoms with van der Waals surface area (Å²) in [7, 11) is 0.